The van der Waals surface area contributed by atoms with E-state index in [9.17, 15) is 4.79 Å². The lowest BCUT2D eigenvalue weighted by atomic mass is 10.0. The Morgan fingerprint density at radius 2 is 1.86 bits per heavy atom. The molecule has 0 saturated heterocycles. The molecule has 1 N–H and O–H groups in total. The Hall–Kier alpha value is -2.58. The molecule has 1 aromatic heterocycles. The Morgan fingerprint density at radius 3 is 2.39 bits per heavy atom. The molecule has 8 heteroatoms. The summed E-state index contributed by atoms with van der Waals surface area (Å²) >= 11 is 0. The second-order valence-electron chi connectivity index (χ2n) is 6.19. The number of carbonyl (C=O) groups is 1. The highest BCUT2D eigenvalue weighted by atomic mass is 16.5. The summed E-state index contributed by atoms with van der Waals surface area (Å²) in [4.78, 5) is 17.1. The summed E-state index contributed by atoms with van der Waals surface area (Å²) in [5, 5.41) is 3.02. The summed E-state index contributed by atoms with van der Waals surface area (Å²) in [6, 6.07) is 4.99. The lowest BCUT2D eigenvalue weighted by molar-refractivity contribution is -0.133. The average molecular weight is 391 g/mol. The monoisotopic (exact) mass is 391 g/mol. The smallest absolute Gasteiger partial charge is 0.249 e. The van der Waals surface area contributed by atoms with Gasteiger partial charge in [-0.1, -0.05) is 0 Å². The Labute approximate surface area is 165 Å². The van der Waals surface area contributed by atoms with Crippen molar-refractivity contribution in [3.05, 3.63) is 42.0 Å². The number of amides is 1. The molecule has 0 saturated carbocycles. The van der Waals surface area contributed by atoms with Crippen molar-refractivity contribution in [2.24, 2.45) is 7.05 Å². The molecule has 0 fully saturated rings. The summed E-state index contributed by atoms with van der Waals surface area (Å²) in [5.74, 6) is 1.70. The molecular formula is C20H29N3O5. The highest BCUT2D eigenvalue weighted by Crippen LogP contribution is 2.29. The number of nitrogens with zero attached hydrogens (tertiary/aromatic N) is 2. The summed E-state index contributed by atoms with van der Waals surface area (Å²) < 4.78 is 23.4. The summed E-state index contributed by atoms with van der Waals surface area (Å²) in [6.07, 6.45) is 2.89. The zero-order valence-electron chi connectivity index (χ0n) is 17.1. The molecule has 154 valence electrons. The van der Waals surface area contributed by atoms with E-state index in [1.54, 1.807) is 33.4 Å². The van der Waals surface area contributed by atoms with Crippen LogP contribution in [0.25, 0.3) is 0 Å². The molecule has 1 heterocycles. The standard InChI is InChI=1S/C20H29N3O5/c1-6-27-9-10-28-14(2)20(24)22-18(19-21-7-8-23(19)3)15-11-16(25-4)13-17(12-15)26-5/h7-8,11-14,18H,6,9-10H2,1-5H3,(H,22,24). The van der Waals surface area contributed by atoms with Crippen molar-refractivity contribution in [2.45, 2.75) is 26.0 Å². The van der Waals surface area contributed by atoms with Gasteiger partial charge in [0, 0.05) is 32.1 Å². The van der Waals surface area contributed by atoms with Crippen LogP contribution in [0.4, 0.5) is 0 Å². The molecule has 0 aliphatic heterocycles. The summed E-state index contributed by atoms with van der Waals surface area (Å²) in [7, 11) is 5.04. The molecule has 2 atom stereocenters. The summed E-state index contributed by atoms with van der Waals surface area (Å²) in [6.45, 7) is 5.04. The molecule has 1 amide bonds. The Morgan fingerprint density at radius 1 is 1.18 bits per heavy atom. The van der Waals surface area contributed by atoms with Crippen LogP contribution in [-0.2, 0) is 21.3 Å². The Kier molecular flexibility index (Phi) is 8.28. The van der Waals surface area contributed by atoms with Crippen molar-refractivity contribution in [2.75, 3.05) is 34.0 Å². The molecule has 0 bridgehead atoms. The van der Waals surface area contributed by atoms with Crippen LogP contribution in [0, 0.1) is 0 Å². The van der Waals surface area contributed by atoms with Gasteiger partial charge in [0.2, 0.25) is 5.91 Å². The van der Waals surface area contributed by atoms with E-state index < -0.39 is 12.1 Å². The van der Waals surface area contributed by atoms with Gasteiger partial charge in [0.15, 0.2) is 0 Å². The fourth-order valence-electron chi connectivity index (χ4n) is 2.71. The third-order valence-electron chi connectivity index (χ3n) is 4.28. The van der Waals surface area contributed by atoms with Crippen LogP contribution in [0.5, 0.6) is 11.5 Å². The van der Waals surface area contributed by atoms with E-state index in [0.29, 0.717) is 37.1 Å². The Balaban J connectivity index is 2.24. The molecule has 2 rings (SSSR count). The van der Waals surface area contributed by atoms with Gasteiger partial charge in [-0.15, -0.1) is 0 Å². The third kappa shape index (κ3) is 5.71. The van der Waals surface area contributed by atoms with Gasteiger partial charge in [0.05, 0.1) is 27.4 Å². The molecule has 0 spiro atoms. The number of rotatable bonds is 11. The lowest BCUT2D eigenvalue weighted by Gasteiger charge is -2.22. The molecule has 1 aromatic carbocycles. The van der Waals surface area contributed by atoms with E-state index in [4.69, 9.17) is 18.9 Å². The predicted octanol–water partition coefficient (Wildman–Crippen LogP) is 2.08. The number of aryl methyl sites for hydroxylation is 1. The van der Waals surface area contributed by atoms with E-state index in [2.05, 4.69) is 10.3 Å². The first-order valence-electron chi connectivity index (χ1n) is 9.20. The minimum Gasteiger partial charge on any atom is -0.497 e. The van der Waals surface area contributed by atoms with Crippen molar-refractivity contribution < 1.29 is 23.7 Å². The van der Waals surface area contributed by atoms with Gasteiger partial charge in [0.1, 0.15) is 29.5 Å². The van der Waals surface area contributed by atoms with E-state index in [1.165, 1.54) is 0 Å². The maximum absolute atomic E-state index is 12.7. The summed E-state index contributed by atoms with van der Waals surface area (Å²) in [5.41, 5.74) is 0.792. The number of ether oxygens (including phenoxy) is 4. The number of nitrogens with one attached hydrogen (secondary N) is 1. The first-order chi connectivity index (χ1) is 13.5. The number of hydrogen-bond acceptors (Lipinski definition) is 6. The molecular weight excluding hydrogens is 362 g/mol. The Bertz CT molecular complexity index is 740. The van der Waals surface area contributed by atoms with E-state index in [1.807, 2.05) is 36.9 Å². The van der Waals surface area contributed by atoms with Crippen molar-refractivity contribution >= 4 is 5.91 Å². The van der Waals surface area contributed by atoms with Gasteiger partial charge in [0.25, 0.3) is 0 Å². The minimum absolute atomic E-state index is 0.244. The number of methoxy groups -OCH3 is 2. The fraction of sp³-hybridized carbons (Fsp3) is 0.500. The second kappa shape index (κ2) is 10.7. The van der Waals surface area contributed by atoms with Crippen LogP contribution in [0.3, 0.4) is 0 Å². The predicted molar refractivity (Wildman–Crippen MR) is 105 cm³/mol. The fourth-order valence-corrected chi connectivity index (χ4v) is 2.71. The number of carbonyl (C=O) groups excluding carboxylic acids is 1. The normalized spacial score (nSPS) is 13.0. The van der Waals surface area contributed by atoms with Crippen LogP contribution < -0.4 is 14.8 Å². The number of imidazole rings is 1. The second-order valence-corrected chi connectivity index (χ2v) is 6.19. The molecule has 0 radical (unpaired) electrons. The zero-order chi connectivity index (χ0) is 20.5. The quantitative estimate of drug-likeness (QED) is 0.591. The van der Waals surface area contributed by atoms with Crippen LogP contribution in [-0.4, -0.2) is 55.6 Å². The number of aromatic nitrogens is 2. The molecule has 0 aliphatic rings. The van der Waals surface area contributed by atoms with Crippen LogP contribution in [0.1, 0.15) is 31.3 Å². The topological polar surface area (TPSA) is 83.8 Å². The van der Waals surface area contributed by atoms with Crippen molar-refractivity contribution in [3.8, 4) is 11.5 Å². The first kappa shape index (κ1) is 21.7. The molecule has 2 aromatic rings. The van der Waals surface area contributed by atoms with Crippen LogP contribution >= 0.6 is 0 Å². The zero-order valence-corrected chi connectivity index (χ0v) is 17.1. The van der Waals surface area contributed by atoms with Crippen molar-refractivity contribution in [1.82, 2.24) is 14.9 Å². The lowest BCUT2D eigenvalue weighted by Crippen LogP contribution is -2.39. The van der Waals surface area contributed by atoms with Gasteiger partial charge in [-0.2, -0.15) is 0 Å². The van der Waals surface area contributed by atoms with Gasteiger partial charge in [-0.3, -0.25) is 4.79 Å². The average Bonchev–Trinajstić information content (AvgIpc) is 3.14. The minimum atomic E-state index is -0.629. The highest BCUT2D eigenvalue weighted by Gasteiger charge is 2.25. The maximum Gasteiger partial charge on any atom is 0.249 e. The van der Waals surface area contributed by atoms with E-state index >= 15 is 0 Å². The van der Waals surface area contributed by atoms with Crippen molar-refractivity contribution in [1.29, 1.82) is 0 Å². The molecule has 2 unspecified atom stereocenters. The van der Waals surface area contributed by atoms with Gasteiger partial charge in [-0.05, 0) is 31.5 Å². The van der Waals surface area contributed by atoms with Gasteiger partial charge < -0.3 is 28.8 Å². The van der Waals surface area contributed by atoms with Gasteiger partial charge >= 0.3 is 0 Å². The number of benzene rings is 1. The number of hydrogen-bond donors (Lipinski definition) is 1. The SMILES string of the molecule is CCOCCOC(C)C(=O)NC(c1cc(OC)cc(OC)c1)c1nccn1C. The maximum atomic E-state index is 12.7. The van der Waals surface area contributed by atoms with Crippen molar-refractivity contribution in [3.63, 3.8) is 0 Å². The van der Waals surface area contributed by atoms with E-state index in [0.717, 1.165) is 5.56 Å². The third-order valence-corrected chi connectivity index (χ3v) is 4.28. The van der Waals surface area contributed by atoms with Crippen LogP contribution in [0.15, 0.2) is 30.6 Å². The largest absolute Gasteiger partial charge is 0.497 e. The van der Waals surface area contributed by atoms with E-state index in [-0.39, 0.29) is 5.91 Å². The molecule has 0 aliphatic carbocycles. The first-order valence-corrected chi connectivity index (χ1v) is 9.20. The molecule has 8 nitrogen and oxygen atoms in total. The highest BCUT2D eigenvalue weighted by molar-refractivity contribution is 5.81. The van der Waals surface area contributed by atoms with Crippen LogP contribution in [0.2, 0.25) is 0 Å². The molecule has 28 heavy (non-hydrogen) atoms. The van der Waals surface area contributed by atoms with Gasteiger partial charge in [-0.25, -0.2) is 4.98 Å².